The summed E-state index contributed by atoms with van der Waals surface area (Å²) < 4.78 is 10.6. The van der Waals surface area contributed by atoms with Crippen molar-refractivity contribution in [2.24, 2.45) is 0 Å². The number of hydrogen-bond acceptors (Lipinski definition) is 3. The Labute approximate surface area is 130 Å². The van der Waals surface area contributed by atoms with E-state index in [4.69, 9.17) is 9.47 Å². The smallest absolute Gasteiger partial charge is 0.248 e. The van der Waals surface area contributed by atoms with Gasteiger partial charge >= 0.3 is 0 Å². The van der Waals surface area contributed by atoms with Crippen molar-refractivity contribution in [3.05, 3.63) is 59.7 Å². The van der Waals surface area contributed by atoms with Gasteiger partial charge in [-0.3, -0.25) is 4.79 Å². The second kappa shape index (κ2) is 7.31. The van der Waals surface area contributed by atoms with Crippen LogP contribution in [0, 0.1) is 6.92 Å². The molecule has 0 atom stereocenters. The van der Waals surface area contributed by atoms with E-state index >= 15 is 0 Å². The first-order valence-electron chi connectivity index (χ1n) is 6.91. The minimum Gasteiger partial charge on any atom is -0.496 e. The molecular weight excluding hydrogens is 278 g/mol. The molecule has 0 aliphatic carbocycles. The highest BCUT2D eigenvalue weighted by atomic mass is 16.5. The predicted molar refractivity (Wildman–Crippen MR) is 88.4 cm³/mol. The number of para-hydroxylation sites is 1. The average molecular weight is 297 g/mol. The van der Waals surface area contributed by atoms with E-state index in [-0.39, 0.29) is 5.91 Å². The Morgan fingerprint density at radius 3 is 2.23 bits per heavy atom. The summed E-state index contributed by atoms with van der Waals surface area (Å²) in [7, 11) is 3.17. The van der Waals surface area contributed by atoms with Crippen molar-refractivity contribution in [2.45, 2.75) is 6.92 Å². The minimum atomic E-state index is -0.206. The Hall–Kier alpha value is -2.75. The summed E-state index contributed by atoms with van der Waals surface area (Å²) in [6, 6.07) is 13.1. The molecule has 0 aromatic heterocycles. The minimum absolute atomic E-state index is 0.206. The van der Waals surface area contributed by atoms with E-state index in [1.54, 1.807) is 20.3 Å². The first kappa shape index (κ1) is 15.6. The van der Waals surface area contributed by atoms with Crippen LogP contribution in [0.15, 0.2) is 48.5 Å². The van der Waals surface area contributed by atoms with Crippen LogP contribution in [0.3, 0.4) is 0 Å². The molecule has 1 N–H and O–H groups in total. The topological polar surface area (TPSA) is 47.6 Å². The molecule has 0 unspecified atom stereocenters. The van der Waals surface area contributed by atoms with Gasteiger partial charge in [0.2, 0.25) is 5.91 Å². The van der Waals surface area contributed by atoms with E-state index in [0.29, 0.717) is 11.5 Å². The lowest BCUT2D eigenvalue weighted by Gasteiger charge is -2.09. The van der Waals surface area contributed by atoms with Gasteiger partial charge in [0, 0.05) is 11.8 Å². The van der Waals surface area contributed by atoms with E-state index in [2.05, 4.69) is 5.32 Å². The number of carbonyl (C=O) groups excluding carboxylic acids is 1. The molecule has 1 amide bonds. The zero-order chi connectivity index (χ0) is 15.9. The van der Waals surface area contributed by atoms with Crippen LogP contribution in [0.5, 0.6) is 11.5 Å². The van der Waals surface area contributed by atoms with Crippen LogP contribution < -0.4 is 14.8 Å². The zero-order valence-electron chi connectivity index (χ0n) is 12.9. The molecule has 0 heterocycles. The monoisotopic (exact) mass is 297 g/mol. The van der Waals surface area contributed by atoms with Crippen LogP contribution in [-0.2, 0) is 4.79 Å². The second-order valence-electron chi connectivity index (χ2n) is 4.71. The summed E-state index contributed by atoms with van der Waals surface area (Å²) in [6.07, 6.45) is 3.15. The van der Waals surface area contributed by atoms with E-state index in [1.165, 1.54) is 6.08 Å². The Bertz CT molecular complexity index is 670. The van der Waals surface area contributed by atoms with Crippen LogP contribution >= 0.6 is 0 Å². The summed E-state index contributed by atoms with van der Waals surface area (Å²) in [5.74, 6) is 1.10. The van der Waals surface area contributed by atoms with Crippen molar-refractivity contribution < 1.29 is 14.3 Å². The van der Waals surface area contributed by atoms with E-state index in [9.17, 15) is 4.79 Å². The summed E-state index contributed by atoms with van der Waals surface area (Å²) in [6.45, 7) is 1.95. The first-order valence-corrected chi connectivity index (χ1v) is 6.91. The molecule has 0 aliphatic heterocycles. The second-order valence-corrected chi connectivity index (χ2v) is 4.71. The van der Waals surface area contributed by atoms with Crippen molar-refractivity contribution in [3.63, 3.8) is 0 Å². The van der Waals surface area contributed by atoms with E-state index < -0.39 is 0 Å². The molecule has 0 aliphatic rings. The molecular formula is C18H19NO3. The molecule has 0 spiro atoms. The van der Waals surface area contributed by atoms with Gasteiger partial charge in [-0.1, -0.05) is 24.3 Å². The number of carbonyl (C=O) groups is 1. The summed E-state index contributed by atoms with van der Waals surface area (Å²) in [5.41, 5.74) is 2.54. The van der Waals surface area contributed by atoms with Gasteiger partial charge in [-0.2, -0.15) is 0 Å². The number of anilines is 1. The van der Waals surface area contributed by atoms with Gasteiger partial charge in [-0.15, -0.1) is 0 Å². The number of methoxy groups -OCH3 is 2. The zero-order valence-corrected chi connectivity index (χ0v) is 12.9. The van der Waals surface area contributed by atoms with Gasteiger partial charge in [0.25, 0.3) is 0 Å². The SMILES string of the molecule is COc1cccc(OC)c1C=CC(=O)Nc1ccccc1C. The molecule has 114 valence electrons. The predicted octanol–water partition coefficient (Wildman–Crippen LogP) is 3.66. The lowest BCUT2D eigenvalue weighted by molar-refractivity contribution is -0.111. The van der Waals surface area contributed by atoms with Crippen LogP contribution in [-0.4, -0.2) is 20.1 Å². The number of benzene rings is 2. The fourth-order valence-corrected chi connectivity index (χ4v) is 2.09. The molecule has 0 bridgehead atoms. The maximum atomic E-state index is 12.1. The molecule has 0 radical (unpaired) electrons. The molecule has 0 saturated heterocycles. The normalized spacial score (nSPS) is 10.5. The molecule has 2 aromatic carbocycles. The number of aryl methyl sites for hydroxylation is 1. The summed E-state index contributed by atoms with van der Waals surface area (Å²) >= 11 is 0. The van der Waals surface area contributed by atoms with Crippen molar-refractivity contribution in [3.8, 4) is 11.5 Å². The number of nitrogens with one attached hydrogen (secondary N) is 1. The lowest BCUT2D eigenvalue weighted by Crippen LogP contribution is -2.08. The number of ether oxygens (including phenoxy) is 2. The van der Waals surface area contributed by atoms with Gasteiger partial charge in [-0.25, -0.2) is 0 Å². The fraction of sp³-hybridized carbons (Fsp3) is 0.167. The van der Waals surface area contributed by atoms with Gasteiger partial charge in [0.05, 0.1) is 19.8 Å². The Morgan fingerprint density at radius 2 is 1.64 bits per heavy atom. The third-order valence-electron chi connectivity index (χ3n) is 3.27. The molecule has 2 rings (SSSR count). The van der Waals surface area contributed by atoms with Crippen LogP contribution in [0.2, 0.25) is 0 Å². The fourth-order valence-electron chi connectivity index (χ4n) is 2.09. The standard InChI is InChI=1S/C18H19NO3/c1-13-7-4-5-8-15(13)19-18(20)12-11-14-16(21-2)9-6-10-17(14)22-3/h4-12H,1-3H3,(H,19,20). The van der Waals surface area contributed by atoms with Crippen molar-refractivity contribution in [1.29, 1.82) is 0 Å². The molecule has 2 aromatic rings. The lowest BCUT2D eigenvalue weighted by atomic mass is 10.1. The molecule has 4 heteroatoms. The van der Waals surface area contributed by atoms with Crippen LogP contribution in [0.4, 0.5) is 5.69 Å². The van der Waals surface area contributed by atoms with Crippen molar-refractivity contribution in [2.75, 3.05) is 19.5 Å². The molecule has 4 nitrogen and oxygen atoms in total. The average Bonchev–Trinajstić information content (AvgIpc) is 2.54. The van der Waals surface area contributed by atoms with E-state index in [0.717, 1.165) is 16.8 Å². The van der Waals surface area contributed by atoms with Crippen molar-refractivity contribution in [1.82, 2.24) is 0 Å². The third-order valence-corrected chi connectivity index (χ3v) is 3.27. The molecule has 0 fully saturated rings. The third kappa shape index (κ3) is 3.67. The molecule has 22 heavy (non-hydrogen) atoms. The number of amides is 1. The highest BCUT2D eigenvalue weighted by Crippen LogP contribution is 2.29. The number of rotatable bonds is 5. The highest BCUT2D eigenvalue weighted by molar-refractivity contribution is 6.02. The van der Waals surface area contributed by atoms with Gasteiger partial charge in [0.15, 0.2) is 0 Å². The van der Waals surface area contributed by atoms with Gasteiger partial charge < -0.3 is 14.8 Å². The maximum Gasteiger partial charge on any atom is 0.248 e. The van der Waals surface area contributed by atoms with Crippen LogP contribution in [0.1, 0.15) is 11.1 Å². The largest absolute Gasteiger partial charge is 0.496 e. The van der Waals surface area contributed by atoms with Crippen molar-refractivity contribution >= 4 is 17.7 Å². The first-order chi connectivity index (χ1) is 10.7. The maximum absolute atomic E-state index is 12.1. The number of hydrogen-bond donors (Lipinski definition) is 1. The Kier molecular flexibility index (Phi) is 5.20. The van der Waals surface area contributed by atoms with E-state index in [1.807, 2.05) is 49.4 Å². The van der Waals surface area contributed by atoms with Gasteiger partial charge in [-0.05, 0) is 36.8 Å². The Balaban J connectivity index is 2.18. The van der Waals surface area contributed by atoms with Gasteiger partial charge in [0.1, 0.15) is 11.5 Å². The summed E-state index contributed by atoms with van der Waals surface area (Å²) in [4.78, 5) is 12.1. The highest BCUT2D eigenvalue weighted by Gasteiger charge is 2.07. The quantitative estimate of drug-likeness (QED) is 0.857. The summed E-state index contributed by atoms with van der Waals surface area (Å²) in [5, 5.41) is 2.85. The molecule has 0 saturated carbocycles. The Morgan fingerprint density at radius 1 is 1.00 bits per heavy atom. The van der Waals surface area contributed by atoms with Crippen LogP contribution in [0.25, 0.3) is 6.08 Å².